The van der Waals surface area contributed by atoms with Crippen molar-refractivity contribution < 1.29 is 14.3 Å². The molecule has 1 heterocycles. The molecule has 1 aliphatic rings. The summed E-state index contributed by atoms with van der Waals surface area (Å²) in [7, 11) is 1.58. The number of nitrogen functional groups attached to an aromatic ring is 1. The fourth-order valence-corrected chi connectivity index (χ4v) is 1.95. The number of hydrogen-bond donors (Lipinski definition) is 2. The molecule has 1 atom stereocenters. The fraction of sp³-hybridized carbons (Fsp3) is 0.462. The molecular weight excluding hydrogens is 268 g/mol. The summed E-state index contributed by atoms with van der Waals surface area (Å²) in [5.41, 5.74) is 6.94. The van der Waals surface area contributed by atoms with Gasteiger partial charge in [0.1, 0.15) is 5.75 Å². The van der Waals surface area contributed by atoms with Crippen LogP contribution in [0.4, 0.5) is 11.4 Å². The van der Waals surface area contributed by atoms with E-state index in [2.05, 4.69) is 5.32 Å². The van der Waals surface area contributed by atoms with Crippen molar-refractivity contribution in [3.8, 4) is 5.75 Å². The predicted molar refractivity (Wildman–Crippen MR) is 76.8 cm³/mol. The highest BCUT2D eigenvalue weighted by Crippen LogP contribution is 2.25. The topological polar surface area (TPSA) is 73.6 Å². The normalized spacial score (nSPS) is 18.3. The third kappa shape index (κ3) is 4.01. The number of methoxy groups -OCH3 is 1. The van der Waals surface area contributed by atoms with Gasteiger partial charge in [0.15, 0.2) is 0 Å². The Bertz CT molecular complexity index is 434. The zero-order chi connectivity index (χ0) is 13.0. The van der Waals surface area contributed by atoms with Gasteiger partial charge < -0.3 is 20.5 Å². The lowest BCUT2D eigenvalue weighted by molar-refractivity contribution is -0.123. The molecule has 106 valence electrons. The van der Waals surface area contributed by atoms with E-state index in [0.717, 1.165) is 19.4 Å². The van der Waals surface area contributed by atoms with Gasteiger partial charge in [-0.05, 0) is 25.0 Å². The smallest absolute Gasteiger partial charge is 0.229 e. The van der Waals surface area contributed by atoms with Crippen LogP contribution in [0.2, 0.25) is 0 Å². The first-order valence-corrected chi connectivity index (χ1v) is 6.03. The number of benzene rings is 1. The number of carbonyl (C=O) groups is 1. The van der Waals surface area contributed by atoms with E-state index in [9.17, 15) is 4.79 Å². The zero-order valence-electron chi connectivity index (χ0n) is 10.8. The summed E-state index contributed by atoms with van der Waals surface area (Å²) in [5, 5.41) is 2.83. The van der Waals surface area contributed by atoms with Crippen LogP contribution in [0.1, 0.15) is 12.8 Å². The maximum atomic E-state index is 12.0. The van der Waals surface area contributed by atoms with Crippen LogP contribution in [0.15, 0.2) is 18.2 Å². The highest BCUT2D eigenvalue weighted by atomic mass is 35.5. The van der Waals surface area contributed by atoms with E-state index in [1.807, 2.05) is 0 Å². The van der Waals surface area contributed by atoms with Crippen molar-refractivity contribution in [1.29, 1.82) is 0 Å². The summed E-state index contributed by atoms with van der Waals surface area (Å²) in [5.74, 6) is 0.526. The first-order chi connectivity index (χ1) is 8.70. The van der Waals surface area contributed by atoms with Crippen LogP contribution < -0.4 is 15.8 Å². The fourth-order valence-electron chi connectivity index (χ4n) is 1.95. The average molecular weight is 287 g/mol. The number of hydrogen-bond acceptors (Lipinski definition) is 4. The Morgan fingerprint density at radius 1 is 1.53 bits per heavy atom. The van der Waals surface area contributed by atoms with Gasteiger partial charge in [-0.3, -0.25) is 4.79 Å². The lowest BCUT2D eigenvalue weighted by atomic mass is 10.0. The number of carbonyl (C=O) groups excluding carboxylic acids is 1. The van der Waals surface area contributed by atoms with Crippen molar-refractivity contribution >= 4 is 29.7 Å². The third-order valence-corrected chi connectivity index (χ3v) is 3.05. The van der Waals surface area contributed by atoms with Crippen molar-refractivity contribution in [3.63, 3.8) is 0 Å². The van der Waals surface area contributed by atoms with E-state index in [0.29, 0.717) is 23.7 Å². The summed E-state index contributed by atoms with van der Waals surface area (Å²) in [4.78, 5) is 12.0. The summed E-state index contributed by atoms with van der Waals surface area (Å²) >= 11 is 0. The van der Waals surface area contributed by atoms with Crippen LogP contribution in [0, 0.1) is 5.92 Å². The SMILES string of the molecule is COc1ccc(N)c(NC(=O)C2CCCOC2)c1.Cl. The molecule has 1 saturated heterocycles. The van der Waals surface area contributed by atoms with Gasteiger partial charge in [0.25, 0.3) is 0 Å². The van der Waals surface area contributed by atoms with Crippen LogP contribution in [0.5, 0.6) is 5.75 Å². The predicted octanol–water partition coefficient (Wildman–Crippen LogP) is 2.06. The molecule has 0 bridgehead atoms. The van der Waals surface area contributed by atoms with Gasteiger partial charge in [-0.1, -0.05) is 0 Å². The average Bonchev–Trinajstić information content (AvgIpc) is 2.42. The van der Waals surface area contributed by atoms with Crippen LogP contribution >= 0.6 is 12.4 Å². The molecule has 1 aliphatic heterocycles. The molecule has 1 aromatic rings. The molecule has 1 aromatic carbocycles. The molecule has 0 aliphatic carbocycles. The second-order valence-corrected chi connectivity index (χ2v) is 4.36. The Hall–Kier alpha value is -1.46. The van der Waals surface area contributed by atoms with E-state index >= 15 is 0 Å². The maximum absolute atomic E-state index is 12.0. The molecule has 1 fully saturated rings. The Kier molecular flexibility index (Phi) is 5.92. The van der Waals surface area contributed by atoms with E-state index < -0.39 is 0 Å². The number of anilines is 2. The quantitative estimate of drug-likeness (QED) is 0.834. The number of nitrogens with two attached hydrogens (primary N) is 1. The van der Waals surface area contributed by atoms with Crippen molar-refractivity contribution in [3.05, 3.63) is 18.2 Å². The number of rotatable bonds is 3. The summed E-state index contributed by atoms with van der Waals surface area (Å²) in [6.45, 7) is 1.22. The highest BCUT2D eigenvalue weighted by molar-refractivity contribution is 5.95. The van der Waals surface area contributed by atoms with E-state index in [-0.39, 0.29) is 24.2 Å². The van der Waals surface area contributed by atoms with Crippen LogP contribution in [0.3, 0.4) is 0 Å². The molecule has 0 aromatic heterocycles. The number of halogens is 1. The minimum Gasteiger partial charge on any atom is -0.497 e. The summed E-state index contributed by atoms with van der Waals surface area (Å²) < 4.78 is 10.4. The standard InChI is InChI=1S/C13H18N2O3.ClH/c1-17-10-4-5-11(14)12(7-10)15-13(16)9-3-2-6-18-8-9;/h4-5,7,9H,2-3,6,8,14H2,1H3,(H,15,16);1H. The molecule has 2 rings (SSSR count). The van der Waals surface area contributed by atoms with Crippen molar-refractivity contribution in [2.24, 2.45) is 5.92 Å². The Morgan fingerprint density at radius 2 is 2.32 bits per heavy atom. The highest BCUT2D eigenvalue weighted by Gasteiger charge is 2.22. The third-order valence-electron chi connectivity index (χ3n) is 3.05. The monoisotopic (exact) mass is 286 g/mol. The number of ether oxygens (including phenoxy) is 2. The van der Waals surface area contributed by atoms with Gasteiger partial charge in [-0.15, -0.1) is 12.4 Å². The van der Waals surface area contributed by atoms with Crippen molar-refractivity contribution in [1.82, 2.24) is 0 Å². The van der Waals surface area contributed by atoms with Gasteiger partial charge in [0, 0.05) is 12.7 Å². The lowest BCUT2D eigenvalue weighted by Crippen LogP contribution is -2.30. The maximum Gasteiger partial charge on any atom is 0.229 e. The lowest BCUT2D eigenvalue weighted by Gasteiger charge is -2.21. The molecule has 6 heteroatoms. The van der Waals surface area contributed by atoms with Crippen LogP contribution in [0.25, 0.3) is 0 Å². The molecule has 3 N–H and O–H groups in total. The van der Waals surface area contributed by atoms with Crippen LogP contribution in [-0.4, -0.2) is 26.2 Å². The molecule has 0 spiro atoms. The Balaban J connectivity index is 0.00000180. The second kappa shape index (κ2) is 7.21. The van der Waals surface area contributed by atoms with E-state index in [1.54, 1.807) is 25.3 Å². The van der Waals surface area contributed by atoms with E-state index in [1.165, 1.54) is 0 Å². The van der Waals surface area contributed by atoms with Crippen LogP contribution in [-0.2, 0) is 9.53 Å². The number of amides is 1. The second-order valence-electron chi connectivity index (χ2n) is 4.36. The first kappa shape index (κ1) is 15.6. The van der Waals surface area contributed by atoms with Gasteiger partial charge in [-0.25, -0.2) is 0 Å². The molecule has 1 unspecified atom stereocenters. The molecule has 1 amide bonds. The molecular formula is C13H19ClN2O3. The Labute approximate surface area is 118 Å². The zero-order valence-corrected chi connectivity index (χ0v) is 11.7. The van der Waals surface area contributed by atoms with Gasteiger partial charge in [-0.2, -0.15) is 0 Å². The largest absolute Gasteiger partial charge is 0.497 e. The van der Waals surface area contributed by atoms with Crippen molar-refractivity contribution in [2.75, 3.05) is 31.4 Å². The van der Waals surface area contributed by atoms with Gasteiger partial charge >= 0.3 is 0 Å². The van der Waals surface area contributed by atoms with E-state index in [4.69, 9.17) is 15.2 Å². The molecule has 0 radical (unpaired) electrons. The van der Waals surface area contributed by atoms with Gasteiger partial charge in [0.2, 0.25) is 5.91 Å². The summed E-state index contributed by atoms with van der Waals surface area (Å²) in [6.07, 6.45) is 1.78. The summed E-state index contributed by atoms with van der Waals surface area (Å²) in [6, 6.07) is 5.19. The molecule has 19 heavy (non-hydrogen) atoms. The van der Waals surface area contributed by atoms with Gasteiger partial charge in [0.05, 0.1) is 31.0 Å². The molecule has 0 saturated carbocycles. The minimum absolute atomic E-state index is 0. The molecule has 5 nitrogen and oxygen atoms in total. The minimum atomic E-state index is -0.0932. The number of nitrogens with one attached hydrogen (secondary N) is 1. The Morgan fingerprint density at radius 3 is 2.95 bits per heavy atom. The van der Waals surface area contributed by atoms with Crippen molar-refractivity contribution in [2.45, 2.75) is 12.8 Å². The first-order valence-electron chi connectivity index (χ1n) is 6.03.